The number of aliphatic hydroxyl groups is 1. The maximum absolute atomic E-state index is 13.2. The van der Waals surface area contributed by atoms with Gasteiger partial charge in [0, 0.05) is 23.9 Å². The Bertz CT molecular complexity index is 740. The third-order valence-corrected chi connectivity index (χ3v) is 5.03. The van der Waals surface area contributed by atoms with Crippen molar-refractivity contribution in [1.82, 2.24) is 4.90 Å². The average molecular weight is 376 g/mol. The van der Waals surface area contributed by atoms with E-state index >= 15 is 0 Å². The van der Waals surface area contributed by atoms with Crippen LogP contribution in [-0.4, -0.2) is 36.2 Å². The molecule has 1 N–H and O–H groups in total. The number of hydrogen-bond acceptors (Lipinski definition) is 2. The lowest BCUT2D eigenvalue weighted by molar-refractivity contribution is 0.0150. The molecule has 2 nitrogen and oxygen atoms in total. The highest BCUT2D eigenvalue weighted by Gasteiger charge is 2.36. The number of nitrogens with zero attached hydrogens (tertiary/aromatic N) is 1. The van der Waals surface area contributed by atoms with Gasteiger partial charge in [-0.05, 0) is 62.0 Å². The van der Waals surface area contributed by atoms with Crippen LogP contribution in [0.5, 0.6) is 0 Å². The Labute approximate surface area is 160 Å². The van der Waals surface area contributed by atoms with Gasteiger partial charge in [-0.2, -0.15) is 0 Å². The molecule has 0 heterocycles. The van der Waals surface area contributed by atoms with Crippen molar-refractivity contribution in [3.05, 3.63) is 76.1 Å². The van der Waals surface area contributed by atoms with Gasteiger partial charge in [-0.1, -0.05) is 48.9 Å². The van der Waals surface area contributed by atoms with Crippen molar-refractivity contribution in [3.8, 4) is 0 Å². The molecule has 2 aromatic rings. The second-order valence-corrected chi connectivity index (χ2v) is 7.71. The van der Waals surface area contributed by atoms with Gasteiger partial charge in [0.1, 0.15) is 5.82 Å². The monoisotopic (exact) mass is 375 g/mol. The minimum atomic E-state index is -1.02. The van der Waals surface area contributed by atoms with E-state index in [4.69, 9.17) is 11.6 Å². The smallest absolute Gasteiger partial charge is 0.123 e. The summed E-state index contributed by atoms with van der Waals surface area (Å²) in [5.74, 6) is -0.262. The lowest BCUT2D eigenvalue weighted by Gasteiger charge is -2.37. The van der Waals surface area contributed by atoms with E-state index < -0.39 is 5.60 Å². The molecule has 0 spiro atoms. The van der Waals surface area contributed by atoms with Crippen molar-refractivity contribution in [2.75, 3.05) is 20.6 Å². The van der Waals surface area contributed by atoms with E-state index in [0.717, 1.165) is 23.2 Å². The van der Waals surface area contributed by atoms with Crippen LogP contribution in [0.3, 0.4) is 0 Å². The van der Waals surface area contributed by atoms with Crippen molar-refractivity contribution < 1.29 is 9.50 Å². The van der Waals surface area contributed by atoms with E-state index in [1.165, 1.54) is 12.1 Å². The molecular formula is C22H27ClFNO. The fourth-order valence-electron chi connectivity index (χ4n) is 3.25. The minimum absolute atomic E-state index is 0.00452. The fraction of sp³-hybridized carbons (Fsp3) is 0.364. The zero-order valence-electron chi connectivity index (χ0n) is 15.8. The topological polar surface area (TPSA) is 23.5 Å². The molecule has 0 saturated carbocycles. The van der Waals surface area contributed by atoms with Crippen LogP contribution in [-0.2, 0) is 6.42 Å². The number of benzene rings is 2. The highest BCUT2D eigenvalue weighted by Crippen LogP contribution is 2.32. The molecule has 0 aliphatic carbocycles. The Morgan fingerprint density at radius 2 is 1.73 bits per heavy atom. The highest BCUT2D eigenvalue weighted by atomic mass is 35.5. The van der Waals surface area contributed by atoms with Gasteiger partial charge in [-0.15, -0.1) is 0 Å². The van der Waals surface area contributed by atoms with Crippen LogP contribution in [0.4, 0.5) is 4.39 Å². The lowest BCUT2D eigenvalue weighted by atomic mass is 9.77. The molecule has 0 aliphatic rings. The van der Waals surface area contributed by atoms with Crippen molar-refractivity contribution >= 4 is 17.7 Å². The summed E-state index contributed by atoms with van der Waals surface area (Å²) in [7, 11) is 4.00. The minimum Gasteiger partial charge on any atom is -0.385 e. The molecule has 0 radical (unpaired) electrons. The standard InChI is InChI=1S/C22H27ClFNO/c1-16(13-18-7-11-21(24)12-8-18)22(26,17(2)15-25(3)4)14-19-5-9-20(23)10-6-19/h5-13,17,26H,14-15H2,1-4H3/b16-13-. The van der Waals surface area contributed by atoms with Gasteiger partial charge in [0.25, 0.3) is 0 Å². The Hall–Kier alpha value is -1.68. The number of rotatable bonds is 7. The van der Waals surface area contributed by atoms with E-state index in [1.54, 1.807) is 12.1 Å². The van der Waals surface area contributed by atoms with E-state index in [1.807, 2.05) is 51.4 Å². The number of hydrogen-bond donors (Lipinski definition) is 1. The molecule has 0 amide bonds. The lowest BCUT2D eigenvalue weighted by Crippen LogP contribution is -2.44. The van der Waals surface area contributed by atoms with Gasteiger partial charge >= 0.3 is 0 Å². The number of halogens is 2. The van der Waals surface area contributed by atoms with Crippen LogP contribution < -0.4 is 0 Å². The molecule has 140 valence electrons. The molecule has 2 rings (SSSR count). The molecule has 0 fully saturated rings. The zero-order chi connectivity index (χ0) is 19.3. The fourth-order valence-corrected chi connectivity index (χ4v) is 3.37. The quantitative estimate of drug-likeness (QED) is 0.731. The third kappa shape index (κ3) is 5.41. The van der Waals surface area contributed by atoms with E-state index in [2.05, 4.69) is 11.8 Å². The van der Waals surface area contributed by atoms with Gasteiger partial charge in [-0.3, -0.25) is 0 Å². The van der Waals surface area contributed by atoms with E-state index in [0.29, 0.717) is 11.4 Å². The van der Waals surface area contributed by atoms with Crippen LogP contribution >= 0.6 is 11.6 Å². The maximum atomic E-state index is 13.2. The summed E-state index contributed by atoms with van der Waals surface area (Å²) in [6.07, 6.45) is 2.42. The average Bonchev–Trinajstić information content (AvgIpc) is 2.58. The Balaban J connectivity index is 2.37. The zero-order valence-corrected chi connectivity index (χ0v) is 16.6. The predicted molar refractivity (Wildman–Crippen MR) is 108 cm³/mol. The van der Waals surface area contributed by atoms with E-state index in [9.17, 15) is 9.50 Å². The first-order chi connectivity index (χ1) is 12.2. The Kier molecular flexibility index (Phi) is 6.99. The summed E-state index contributed by atoms with van der Waals surface area (Å²) < 4.78 is 13.2. The van der Waals surface area contributed by atoms with E-state index in [-0.39, 0.29) is 11.7 Å². The summed E-state index contributed by atoms with van der Waals surface area (Å²) in [6, 6.07) is 13.9. The van der Waals surface area contributed by atoms with Crippen molar-refractivity contribution in [1.29, 1.82) is 0 Å². The van der Waals surface area contributed by atoms with Crippen LogP contribution in [0.2, 0.25) is 5.02 Å². The third-order valence-electron chi connectivity index (χ3n) is 4.78. The highest BCUT2D eigenvalue weighted by molar-refractivity contribution is 6.30. The van der Waals surface area contributed by atoms with Gasteiger partial charge in [-0.25, -0.2) is 4.39 Å². The molecule has 0 aliphatic heterocycles. The van der Waals surface area contributed by atoms with Crippen LogP contribution in [0.25, 0.3) is 6.08 Å². The first-order valence-electron chi connectivity index (χ1n) is 8.76. The maximum Gasteiger partial charge on any atom is 0.123 e. The summed E-state index contributed by atoms with van der Waals surface area (Å²) >= 11 is 5.99. The predicted octanol–water partition coefficient (Wildman–Crippen LogP) is 5.05. The van der Waals surface area contributed by atoms with Crippen molar-refractivity contribution in [2.45, 2.75) is 25.9 Å². The molecule has 0 saturated heterocycles. The summed E-state index contributed by atoms with van der Waals surface area (Å²) in [5.41, 5.74) is 1.73. The molecule has 2 atom stereocenters. The van der Waals surface area contributed by atoms with Crippen molar-refractivity contribution in [2.24, 2.45) is 5.92 Å². The van der Waals surface area contributed by atoms with Gasteiger partial charge in [0.05, 0.1) is 5.60 Å². The second-order valence-electron chi connectivity index (χ2n) is 7.27. The molecule has 2 aromatic carbocycles. The molecular weight excluding hydrogens is 349 g/mol. The van der Waals surface area contributed by atoms with Crippen LogP contribution in [0.15, 0.2) is 54.1 Å². The van der Waals surface area contributed by atoms with Crippen LogP contribution in [0, 0.1) is 11.7 Å². The first-order valence-corrected chi connectivity index (χ1v) is 9.14. The normalized spacial score (nSPS) is 15.8. The van der Waals surface area contributed by atoms with Crippen LogP contribution in [0.1, 0.15) is 25.0 Å². The summed E-state index contributed by atoms with van der Waals surface area (Å²) in [6.45, 7) is 4.74. The van der Waals surface area contributed by atoms with Crippen molar-refractivity contribution in [3.63, 3.8) is 0 Å². The van der Waals surface area contributed by atoms with Gasteiger partial charge in [0.15, 0.2) is 0 Å². The molecule has 2 unspecified atom stereocenters. The molecule has 0 aromatic heterocycles. The largest absolute Gasteiger partial charge is 0.385 e. The summed E-state index contributed by atoms with van der Waals surface area (Å²) in [4.78, 5) is 2.07. The second kappa shape index (κ2) is 8.81. The SMILES string of the molecule is C/C(=C/c1ccc(F)cc1)C(O)(Cc1ccc(Cl)cc1)C(C)CN(C)C. The van der Waals surface area contributed by atoms with Gasteiger partial charge in [0.2, 0.25) is 0 Å². The molecule has 4 heteroatoms. The van der Waals surface area contributed by atoms with Gasteiger partial charge < -0.3 is 10.0 Å². The Morgan fingerprint density at radius 3 is 2.27 bits per heavy atom. The molecule has 0 bridgehead atoms. The molecule has 26 heavy (non-hydrogen) atoms. The first kappa shape index (κ1) is 20.6. The Morgan fingerprint density at radius 1 is 1.15 bits per heavy atom. The summed E-state index contributed by atoms with van der Waals surface area (Å²) in [5, 5.41) is 12.3.